The van der Waals surface area contributed by atoms with Crippen molar-refractivity contribution in [1.82, 2.24) is 9.80 Å². The van der Waals surface area contributed by atoms with Crippen molar-refractivity contribution < 1.29 is 33.9 Å². The second-order valence-electron chi connectivity index (χ2n) is 8.74. The van der Waals surface area contributed by atoms with E-state index in [0.29, 0.717) is 50.0 Å². The van der Waals surface area contributed by atoms with Gasteiger partial charge < -0.3 is 10.8 Å². The standard InChI is InChI=1S/C22H29N3O7/c23-12-2-1-11-22(21(31)32,25-18(28)9-10-19(25)29)20(30)15-5-3-14(4-6-15)13-24-16(26)7-8-17(24)27/h7-8,14-15H,1-6,9-13,23H2,(H,31,32). The lowest BCUT2D eigenvalue weighted by molar-refractivity contribution is -0.170. The summed E-state index contributed by atoms with van der Waals surface area (Å²) in [4.78, 5) is 76.4. The molecular weight excluding hydrogens is 418 g/mol. The lowest BCUT2D eigenvalue weighted by atomic mass is 9.72. The molecule has 0 bridgehead atoms. The van der Waals surface area contributed by atoms with Crippen LogP contribution >= 0.6 is 0 Å². The molecule has 0 aromatic heterocycles. The summed E-state index contributed by atoms with van der Waals surface area (Å²) in [7, 11) is 0. The first kappa shape index (κ1) is 23.8. The predicted octanol–water partition coefficient (Wildman–Crippen LogP) is 0.388. The number of carbonyl (C=O) groups excluding carboxylic acids is 5. The SMILES string of the molecule is NCCCCC(C(=O)O)(C(=O)C1CCC(CN2C(=O)C=CC2=O)CC1)N1C(=O)CCC1=O. The third-order valence-electron chi connectivity index (χ3n) is 6.75. The van der Waals surface area contributed by atoms with Crippen molar-refractivity contribution in [1.29, 1.82) is 0 Å². The van der Waals surface area contributed by atoms with E-state index in [0.717, 1.165) is 0 Å². The van der Waals surface area contributed by atoms with Crippen LogP contribution in [0.25, 0.3) is 0 Å². The van der Waals surface area contributed by atoms with Crippen LogP contribution in [-0.2, 0) is 28.8 Å². The minimum Gasteiger partial charge on any atom is -0.479 e. The second-order valence-corrected chi connectivity index (χ2v) is 8.74. The van der Waals surface area contributed by atoms with Gasteiger partial charge >= 0.3 is 5.97 Å². The lowest BCUT2D eigenvalue weighted by Crippen LogP contribution is -2.63. The summed E-state index contributed by atoms with van der Waals surface area (Å²) in [5, 5.41) is 10.1. The van der Waals surface area contributed by atoms with Gasteiger partial charge in [-0.25, -0.2) is 4.79 Å². The maximum atomic E-state index is 13.6. The molecule has 174 valence electrons. The molecule has 1 unspecified atom stereocenters. The van der Waals surface area contributed by atoms with Crippen LogP contribution in [0.3, 0.4) is 0 Å². The third kappa shape index (κ3) is 4.36. The quantitative estimate of drug-likeness (QED) is 0.277. The number of Topliss-reactive ketones (excluding diaryl/α,β-unsaturated/α-hetero) is 1. The van der Waals surface area contributed by atoms with Crippen molar-refractivity contribution in [3.8, 4) is 0 Å². The number of rotatable bonds is 10. The number of carboxylic acid groups (broad SMARTS) is 1. The maximum absolute atomic E-state index is 13.6. The molecule has 0 aromatic carbocycles. The van der Waals surface area contributed by atoms with Gasteiger partial charge in [0, 0.05) is 37.5 Å². The number of hydrogen-bond donors (Lipinski definition) is 2. The molecule has 4 amide bonds. The first-order valence-corrected chi connectivity index (χ1v) is 11.1. The van der Waals surface area contributed by atoms with E-state index in [-0.39, 0.29) is 43.5 Å². The van der Waals surface area contributed by atoms with Gasteiger partial charge in [0.05, 0.1) is 0 Å². The van der Waals surface area contributed by atoms with Gasteiger partial charge in [-0.2, -0.15) is 0 Å². The van der Waals surface area contributed by atoms with Crippen molar-refractivity contribution in [2.75, 3.05) is 13.1 Å². The molecule has 1 saturated heterocycles. The molecule has 3 rings (SSSR count). The number of unbranched alkanes of at least 4 members (excludes halogenated alkanes) is 1. The Morgan fingerprint density at radius 1 is 0.969 bits per heavy atom. The van der Waals surface area contributed by atoms with Crippen LogP contribution in [-0.4, -0.2) is 68.9 Å². The normalized spacial score (nSPS) is 25.5. The molecule has 3 N–H and O–H groups in total. The monoisotopic (exact) mass is 447 g/mol. The molecule has 2 fully saturated rings. The van der Waals surface area contributed by atoms with E-state index in [2.05, 4.69) is 0 Å². The van der Waals surface area contributed by atoms with E-state index in [4.69, 9.17) is 5.73 Å². The summed E-state index contributed by atoms with van der Waals surface area (Å²) >= 11 is 0. The van der Waals surface area contributed by atoms with Gasteiger partial charge in [0.25, 0.3) is 11.8 Å². The van der Waals surface area contributed by atoms with Gasteiger partial charge in [-0.1, -0.05) is 0 Å². The largest absolute Gasteiger partial charge is 0.479 e. The van der Waals surface area contributed by atoms with Crippen molar-refractivity contribution in [3.63, 3.8) is 0 Å². The molecule has 3 aliphatic rings. The number of ketones is 1. The van der Waals surface area contributed by atoms with E-state index >= 15 is 0 Å². The number of nitrogens with two attached hydrogens (primary N) is 1. The Bertz CT molecular complexity index is 826. The Kier molecular flexibility index (Phi) is 7.22. The number of hydrogen-bond acceptors (Lipinski definition) is 7. The summed E-state index contributed by atoms with van der Waals surface area (Å²) in [5.41, 5.74) is 3.32. The number of aliphatic carboxylic acids is 1. The van der Waals surface area contributed by atoms with E-state index < -0.39 is 35.0 Å². The summed E-state index contributed by atoms with van der Waals surface area (Å²) < 4.78 is 0. The number of imide groups is 2. The van der Waals surface area contributed by atoms with Crippen LogP contribution in [0.15, 0.2) is 12.2 Å². The topological polar surface area (TPSA) is 155 Å². The highest BCUT2D eigenvalue weighted by Gasteiger charge is 2.58. The first-order chi connectivity index (χ1) is 15.2. The zero-order valence-electron chi connectivity index (χ0n) is 18.0. The highest BCUT2D eigenvalue weighted by atomic mass is 16.4. The molecule has 32 heavy (non-hydrogen) atoms. The minimum atomic E-state index is -2.21. The van der Waals surface area contributed by atoms with Crippen LogP contribution in [0.5, 0.6) is 0 Å². The Balaban J connectivity index is 1.76. The van der Waals surface area contributed by atoms with Crippen molar-refractivity contribution in [3.05, 3.63) is 12.2 Å². The number of amides is 4. The highest BCUT2D eigenvalue weighted by Crippen LogP contribution is 2.38. The number of likely N-dealkylation sites (tertiary alicyclic amines) is 1. The summed E-state index contributed by atoms with van der Waals surface area (Å²) in [6, 6.07) is 0. The molecule has 0 spiro atoms. The second kappa shape index (κ2) is 9.72. The average molecular weight is 447 g/mol. The molecule has 1 aliphatic carbocycles. The highest BCUT2D eigenvalue weighted by molar-refractivity contribution is 6.17. The van der Waals surface area contributed by atoms with Gasteiger partial charge in [-0.05, 0) is 57.4 Å². The fraction of sp³-hybridized carbons (Fsp3) is 0.636. The smallest absolute Gasteiger partial charge is 0.337 e. The fourth-order valence-electron chi connectivity index (χ4n) is 4.99. The molecule has 0 aromatic rings. The minimum absolute atomic E-state index is 0.0124. The molecule has 2 heterocycles. The van der Waals surface area contributed by atoms with Crippen molar-refractivity contribution in [2.45, 2.75) is 63.3 Å². The zero-order valence-corrected chi connectivity index (χ0v) is 18.0. The molecule has 10 nitrogen and oxygen atoms in total. The molecular formula is C22H29N3O7. The van der Waals surface area contributed by atoms with Gasteiger partial charge in [0.1, 0.15) is 0 Å². The predicted molar refractivity (Wildman–Crippen MR) is 111 cm³/mol. The van der Waals surface area contributed by atoms with Crippen LogP contribution < -0.4 is 5.73 Å². The lowest BCUT2D eigenvalue weighted by Gasteiger charge is -2.39. The van der Waals surface area contributed by atoms with E-state index in [1.54, 1.807) is 0 Å². The van der Waals surface area contributed by atoms with Gasteiger partial charge in [0.2, 0.25) is 17.4 Å². The zero-order chi connectivity index (χ0) is 23.5. The van der Waals surface area contributed by atoms with E-state index in [9.17, 15) is 33.9 Å². The number of carbonyl (C=O) groups is 6. The van der Waals surface area contributed by atoms with Gasteiger partial charge in [0.15, 0.2) is 5.78 Å². The third-order valence-corrected chi connectivity index (χ3v) is 6.75. The molecule has 10 heteroatoms. The van der Waals surface area contributed by atoms with Crippen molar-refractivity contribution in [2.24, 2.45) is 17.6 Å². The maximum Gasteiger partial charge on any atom is 0.337 e. The number of nitrogens with zero attached hydrogens (tertiary/aromatic N) is 2. The van der Waals surface area contributed by atoms with Crippen LogP contribution in [0.4, 0.5) is 0 Å². The Hall–Kier alpha value is -2.88. The summed E-state index contributed by atoms with van der Waals surface area (Å²) in [5.74, 6) is -4.68. The Labute approximate surface area is 185 Å². The molecule has 2 aliphatic heterocycles. The van der Waals surface area contributed by atoms with Crippen LogP contribution in [0.2, 0.25) is 0 Å². The first-order valence-electron chi connectivity index (χ1n) is 11.1. The van der Waals surface area contributed by atoms with Crippen molar-refractivity contribution >= 4 is 35.4 Å². The fourth-order valence-corrected chi connectivity index (χ4v) is 4.99. The Morgan fingerprint density at radius 3 is 2.03 bits per heavy atom. The summed E-state index contributed by atoms with van der Waals surface area (Å²) in [6.07, 6.45) is 4.68. The Morgan fingerprint density at radius 2 is 1.53 bits per heavy atom. The summed E-state index contributed by atoms with van der Waals surface area (Å²) in [6.45, 7) is 0.564. The average Bonchev–Trinajstić information content (AvgIpc) is 3.27. The van der Waals surface area contributed by atoms with Crippen LogP contribution in [0, 0.1) is 11.8 Å². The van der Waals surface area contributed by atoms with E-state index in [1.807, 2.05) is 0 Å². The van der Waals surface area contributed by atoms with E-state index in [1.165, 1.54) is 17.1 Å². The molecule has 1 saturated carbocycles. The van der Waals surface area contributed by atoms with Crippen LogP contribution in [0.1, 0.15) is 57.8 Å². The molecule has 0 radical (unpaired) electrons. The van der Waals surface area contributed by atoms with Gasteiger partial charge in [-0.3, -0.25) is 33.8 Å². The number of carboxylic acids is 1. The molecule has 1 atom stereocenters. The van der Waals surface area contributed by atoms with Gasteiger partial charge in [-0.15, -0.1) is 0 Å².